The normalized spacial score (nSPS) is 10.1. The number of amides is 1. The topological polar surface area (TPSA) is 81.7 Å². The van der Waals surface area contributed by atoms with Crippen molar-refractivity contribution in [3.63, 3.8) is 0 Å². The minimum Gasteiger partial charge on any atom is -0.493 e. The third kappa shape index (κ3) is 11.9. The highest BCUT2D eigenvalue weighted by Gasteiger charge is 2.13. The average molecular weight is 458 g/mol. The van der Waals surface area contributed by atoms with Crippen LogP contribution in [0.2, 0.25) is 0 Å². The molecule has 0 aromatic heterocycles. The Balaban J connectivity index is 0.00000121. The van der Waals surface area contributed by atoms with Crippen molar-refractivity contribution in [1.29, 1.82) is 0 Å². The molecule has 1 amide bonds. The minimum atomic E-state index is -0.381. The van der Waals surface area contributed by atoms with Crippen LogP contribution in [0, 0.1) is 12.8 Å². The predicted molar refractivity (Wildman–Crippen MR) is 131 cm³/mol. The second-order valence-electron chi connectivity index (χ2n) is 6.57. The first kappa shape index (κ1) is 28.9. The van der Waals surface area contributed by atoms with E-state index in [9.17, 15) is 14.4 Å². The van der Waals surface area contributed by atoms with Gasteiger partial charge in [0.2, 0.25) is 5.91 Å². The fraction of sp³-hybridized carbons (Fsp3) is 0.320. The number of thiocarbonyl (C=S) groups is 1. The molecule has 0 aliphatic heterocycles. The zero-order chi connectivity index (χ0) is 24.4. The molecule has 172 valence electrons. The number of carbonyl (C=O) groups is 3. The number of carbonyl (C=O) groups excluding carboxylic acids is 3. The zero-order valence-electron chi connectivity index (χ0n) is 19.1. The van der Waals surface area contributed by atoms with E-state index in [0.29, 0.717) is 23.2 Å². The molecule has 0 bridgehead atoms. The second kappa shape index (κ2) is 17.5. The smallest absolute Gasteiger partial charge is 0.226 e. The number of benzene rings is 2. The predicted octanol–water partition coefficient (Wildman–Crippen LogP) is 3.98. The molecule has 0 saturated heterocycles. The number of hydrogen-bond acceptors (Lipinski definition) is 6. The van der Waals surface area contributed by atoms with Gasteiger partial charge in [0.25, 0.3) is 0 Å². The molecular weight excluding hydrogens is 426 g/mol. The molecule has 0 aliphatic carbocycles. The SMILES string of the molecule is C=C=S.CCOC.Cc1ccc(C(=O)c2ccc(OCC(C)C(=O)NCC=O)cc2)cc1. The number of nitrogens with one attached hydrogen (secondary N) is 1. The Bertz CT molecular complexity index is 855. The van der Waals surface area contributed by atoms with E-state index < -0.39 is 0 Å². The van der Waals surface area contributed by atoms with Crippen LogP contribution in [-0.4, -0.2) is 49.9 Å². The van der Waals surface area contributed by atoms with E-state index in [2.05, 4.69) is 33.9 Å². The van der Waals surface area contributed by atoms with Crippen LogP contribution in [0.15, 0.2) is 55.1 Å². The van der Waals surface area contributed by atoms with E-state index in [-0.39, 0.29) is 30.8 Å². The summed E-state index contributed by atoms with van der Waals surface area (Å²) >= 11 is 4.03. The molecule has 2 aromatic carbocycles. The van der Waals surface area contributed by atoms with Gasteiger partial charge in [-0.2, -0.15) is 0 Å². The third-order valence-corrected chi connectivity index (χ3v) is 4.03. The van der Waals surface area contributed by atoms with Crippen LogP contribution in [0.1, 0.15) is 35.3 Å². The van der Waals surface area contributed by atoms with Crippen molar-refractivity contribution in [3.8, 4) is 5.75 Å². The van der Waals surface area contributed by atoms with Crippen molar-refractivity contribution in [3.05, 3.63) is 71.8 Å². The van der Waals surface area contributed by atoms with E-state index >= 15 is 0 Å². The van der Waals surface area contributed by atoms with Crippen molar-refractivity contribution in [2.24, 2.45) is 5.92 Å². The van der Waals surface area contributed by atoms with Gasteiger partial charge in [0.15, 0.2) is 5.78 Å². The number of aldehydes is 1. The summed E-state index contributed by atoms with van der Waals surface area (Å²) in [5, 5.41) is 4.57. The molecule has 1 N–H and O–H groups in total. The summed E-state index contributed by atoms with van der Waals surface area (Å²) in [6.45, 7) is 9.71. The van der Waals surface area contributed by atoms with E-state index in [0.717, 1.165) is 12.2 Å². The number of rotatable bonds is 9. The maximum Gasteiger partial charge on any atom is 0.226 e. The molecule has 0 aliphatic rings. The molecule has 0 radical (unpaired) electrons. The molecule has 0 spiro atoms. The summed E-state index contributed by atoms with van der Waals surface area (Å²) in [7, 11) is 1.68. The molecule has 1 unspecified atom stereocenters. The number of ether oxygens (including phenoxy) is 2. The summed E-state index contributed by atoms with van der Waals surface area (Å²) < 4.78 is 10.1. The second-order valence-corrected chi connectivity index (χ2v) is 6.85. The van der Waals surface area contributed by atoms with Crippen LogP contribution in [0.5, 0.6) is 5.75 Å². The Kier molecular flexibility index (Phi) is 15.8. The fourth-order valence-corrected chi connectivity index (χ4v) is 2.19. The van der Waals surface area contributed by atoms with Gasteiger partial charge in [-0.05, 0) is 56.9 Å². The van der Waals surface area contributed by atoms with Gasteiger partial charge in [-0.25, -0.2) is 0 Å². The van der Waals surface area contributed by atoms with Crippen LogP contribution in [0.25, 0.3) is 0 Å². The molecule has 32 heavy (non-hydrogen) atoms. The Morgan fingerprint density at radius 3 is 2.03 bits per heavy atom. The molecule has 1 atom stereocenters. The molecule has 0 saturated carbocycles. The number of aryl methyl sites for hydroxylation is 1. The van der Waals surface area contributed by atoms with Gasteiger partial charge in [0.05, 0.1) is 19.1 Å². The van der Waals surface area contributed by atoms with Crippen LogP contribution in [-0.2, 0) is 14.3 Å². The first-order valence-electron chi connectivity index (χ1n) is 10.0. The highest BCUT2D eigenvalue weighted by atomic mass is 32.1. The van der Waals surface area contributed by atoms with Crippen LogP contribution < -0.4 is 10.1 Å². The monoisotopic (exact) mass is 457 g/mol. The quantitative estimate of drug-likeness (QED) is 0.348. The minimum absolute atomic E-state index is 0.001000. The average Bonchev–Trinajstić information content (AvgIpc) is 2.82. The first-order valence-corrected chi connectivity index (χ1v) is 10.4. The maximum absolute atomic E-state index is 12.4. The van der Waals surface area contributed by atoms with Crippen LogP contribution >= 0.6 is 12.2 Å². The Labute approximate surface area is 195 Å². The Morgan fingerprint density at radius 1 is 1.12 bits per heavy atom. The van der Waals surface area contributed by atoms with E-state index in [4.69, 9.17) is 4.74 Å². The largest absolute Gasteiger partial charge is 0.493 e. The van der Waals surface area contributed by atoms with Gasteiger partial charge < -0.3 is 19.6 Å². The molecule has 2 rings (SSSR count). The molecule has 7 heteroatoms. The molecule has 6 nitrogen and oxygen atoms in total. The van der Waals surface area contributed by atoms with Gasteiger partial charge in [0, 0.05) is 24.8 Å². The van der Waals surface area contributed by atoms with Gasteiger partial charge >= 0.3 is 0 Å². The van der Waals surface area contributed by atoms with Gasteiger partial charge in [-0.3, -0.25) is 9.59 Å². The first-order chi connectivity index (χ1) is 15.3. The van der Waals surface area contributed by atoms with Gasteiger partial charge in [-0.1, -0.05) is 41.8 Å². The van der Waals surface area contributed by atoms with Crippen molar-refractivity contribution in [1.82, 2.24) is 5.32 Å². The van der Waals surface area contributed by atoms with Gasteiger partial charge in [-0.15, -0.1) is 0 Å². The Hall–Kier alpha value is -3.12. The molecular formula is C25H31NO5S. The van der Waals surface area contributed by atoms with Crippen LogP contribution in [0.3, 0.4) is 0 Å². The summed E-state index contributed by atoms with van der Waals surface area (Å²) in [5.41, 5.74) is 2.32. The lowest BCUT2D eigenvalue weighted by Crippen LogP contribution is -2.33. The van der Waals surface area contributed by atoms with Crippen molar-refractivity contribution in [2.75, 3.05) is 26.9 Å². The van der Waals surface area contributed by atoms with Crippen molar-refractivity contribution >= 4 is 35.2 Å². The highest BCUT2D eigenvalue weighted by Crippen LogP contribution is 2.16. The maximum atomic E-state index is 12.4. The molecule has 0 heterocycles. The summed E-state index contributed by atoms with van der Waals surface area (Å²) in [5.74, 6) is -0.0873. The highest BCUT2D eigenvalue weighted by molar-refractivity contribution is 7.78. The van der Waals surface area contributed by atoms with Gasteiger partial charge in [0.1, 0.15) is 12.0 Å². The lowest BCUT2D eigenvalue weighted by Gasteiger charge is -2.12. The number of hydrogen-bond donors (Lipinski definition) is 1. The standard InChI is InChI=1S/C20H21NO4.C3H8O.C2H2S/c1-14-3-5-16(6-4-14)19(23)17-7-9-18(10-8-17)25-13-15(2)20(24)21-11-12-22;1-3-4-2;1-2-3/h3-10,12,15H,11,13H2,1-2H3,(H,21,24);3H2,1-2H3;1H2. The zero-order valence-corrected chi connectivity index (χ0v) is 19.9. The number of ketones is 1. The number of methoxy groups -OCH3 is 1. The van der Waals surface area contributed by atoms with Crippen molar-refractivity contribution in [2.45, 2.75) is 20.8 Å². The summed E-state index contributed by atoms with van der Waals surface area (Å²) in [4.78, 5) is 34.3. The summed E-state index contributed by atoms with van der Waals surface area (Å²) in [6, 6.07) is 14.2. The summed E-state index contributed by atoms with van der Waals surface area (Å²) in [6.07, 6.45) is 0.634. The van der Waals surface area contributed by atoms with Crippen LogP contribution in [0.4, 0.5) is 0 Å². The fourth-order valence-electron chi connectivity index (χ4n) is 2.19. The van der Waals surface area contributed by atoms with E-state index in [1.54, 1.807) is 38.3 Å². The van der Waals surface area contributed by atoms with E-state index in [1.807, 2.05) is 38.1 Å². The van der Waals surface area contributed by atoms with E-state index in [1.165, 1.54) is 0 Å². The Morgan fingerprint density at radius 2 is 1.59 bits per heavy atom. The molecule has 0 fully saturated rings. The lowest BCUT2D eigenvalue weighted by atomic mass is 10.0. The molecule has 2 aromatic rings. The third-order valence-electron chi connectivity index (χ3n) is 4.03. The lowest BCUT2D eigenvalue weighted by molar-refractivity contribution is -0.126. The van der Waals surface area contributed by atoms with Crippen molar-refractivity contribution < 1.29 is 23.9 Å².